The smallest absolute Gasteiger partial charge is 0.330 e. The molecule has 4 aromatic rings. The molecule has 4 heterocycles. The van der Waals surface area contributed by atoms with Gasteiger partial charge in [0.05, 0.1) is 10.9 Å². The monoisotopic (exact) mass is 460 g/mol. The molecule has 4 aromatic heterocycles. The first-order chi connectivity index (χ1) is 16.4. The van der Waals surface area contributed by atoms with Gasteiger partial charge in [-0.1, -0.05) is 19.9 Å². The molecule has 1 aliphatic rings. The standard InChI is InChI=1S/C23H24N8O3/c1-13(2)10-30-20-18(22(33)29-23(30)34)16(8-17(28-20)14-5-6-14)21(32)26-9-15-4-3-7-25-19(15)31-12-24-11-27-31/h3-4,7-8,11-14H,5-6,9-10H2,1-2H3,(H,26,32)(H,29,33,34). The van der Waals surface area contributed by atoms with E-state index in [-0.39, 0.29) is 35.0 Å². The van der Waals surface area contributed by atoms with E-state index < -0.39 is 17.2 Å². The molecular formula is C23H24N8O3. The Bertz CT molecular complexity index is 1480. The molecule has 0 radical (unpaired) electrons. The van der Waals surface area contributed by atoms with Crippen LogP contribution in [0.1, 0.15) is 54.2 Å². The van der Waals surface area contributed by atoms with Crippen LogP contribution < -0.4 is 16.6 Å². The van der Waals surface area contributed by atoms with Gasteiger partial charge in [0.25, 0.3) is 11.5 Å². The minimum Gasteiger partial charge on any atom is -0.348 e. The molecule has 0 bridgehead atoms. The number of nitrogens with zero attached hydrogens (tertiary/aromatic N) is 6. The van der Waals surface area contributed by atoms with E-state index in [1.165, 1.54) is 21.9 Å². The van der Waals surface area contributed by atoms with Crippen LogP contribution in [0.3, 0.4) is 0 Å². The number of carbonyl (C=O) groups excluding carboxylic acids is 1. The predicted octanol–water partition coefficient (Wildman–Crippen LogP) is 1.52. The molecule has 1 saturated carbocycles. The molecule has 174 valence electrons. The first-order valence-corrected chi connectivity index (χ1v) is 11.2. The fourth-order valence-electron chi connectivity index (χ4n) is 3.96. The zero-order chi connectivity index (χ0) is 23.8. The summed E-state index contributed by atoms with van der Waals surface area (Å²) in [4.78, 5) is 54.1. The summed E-state index contributed by atoms with van der Waals surface area (Å²) in [7, 11) is 0. The van der Waals surface area contributed by atoms with Crippen molar-refractivity contribution in [3.63, 3.8) is 0 Å². The van der Waals surface area contributed by atoms with E-state index >= 15 is 0 Å². The van der Waals surface area contributed by atoms with Crippen LogP contribution in [0.5, 0.6) is 0 Å². The molecule has 0 aliphatic heterocycles. The average Bonchev–Trinajstić information content (AvgIpc) is 3.53. The van der Waals surface area contributed by atoms with E-state index in [1.807, 2.05) is 19.9 Å². The van der Waals surface area contributed by atoms with Crippen LogP contribution in [0.25, 0.3) is 16.9 Å². The number of aromatic amines is 1. The van der Waals surface area contributed by atoms with Crippen molar-refractivity contribution in [2.75, 3.05) is 0 Å². The van der Waals surface area contributed by atoms with Crippen molar-refractivity contribution in [2.24, 2.45) is 5.92 Å². The summed E-state index contributed by atoms with van der Waals surface area (Å²) in [5, 5.41) is 7.11. The maximum atomic E-state index is 13.4. The van der Waals surface area contributed by atoms with Gasteiger partial charge < -0.3 is 5.32 Å². The molecular weight excluding hydrogens is 436 g/mol. The zero-order valence-electron chi connectivity index (χ0n) is 18.9. The topological polar surface area (TPSA) is 140 Å². The van der Waals surface area contributed by atoms with Crippen molar-refractivity contribution in [3.8, 4) is 5.82 Å². The fourth-order valence-corrected chi connectivity index (χ4v) is 3.96. The van der Waals surface area contributed by atoms with Crippen molar-refractivity contribution >= 4 is 16.9 Å². The van der Waals surface area contributed by atoms with Gasteiger partial charge in [0.15, 0.2) is 11.5 Å². The first-order valence-electron chi connectivity index (χ1n) is 11.2. The van der Waals surface area contributed by atoms with Gasteiger partial charge in [-0.2, -0.15) is 5.10 Å². The second-order valence-corrected chi connectivity index (χ2v) is 8.84. The summed E-state index contributed by atoms with van der Waals surface area (Å²) in [6, 6.07) is 5.28. The quantitative estimate of drug-likeness (QED) is 0.426. The number of rotatable bonds is 7. The second kappa shape index (κ2) is 8.65. The summed E-state index contributed by atoms with van der Waals surface area (Å²) in [5.74, 6) is 0.497. The number of hydrogen-bond acceptors (Lipinski definition) is 7. The molecule has 11 heteroatoms. The van der Waals surface area contributed by atoms with E-state index in [0.29, 0.717) is 12.4 Å². The summed E-state index contributed by atoms with van der Waals surface area (Å²) < 4.78 is 2.97. The van der Waals surface area contributed by atoms with Crippen molar-refractivity contribution < 1.29 is 4.79 Å². The fraction of sp³-hybridized carbons (Fsp3) is 0.348. The Hall–Kier alpha value is -4.15. The van der Waals surface area contributed by atoms with Crippen LogP contribution in [-0.4, -0.2) is 40.2 Å². The van der Waals surface area contributed by atoms with Crippen molar-refractivity contribution in [2.45, 2.75) is 45.7 Å². The average molecular weight is 460 g/mol. The SMILES string of the molecule is CC(C)Cn1c(=O)[nH]c(=O)c2c(C(=O)NCc3cccnc3-n3cncn3)cc(C3CC3)nc21. The van der Waals surface area contributed by atoms with Crippen molar-refractivity contribution in [3.05, 3.63) is 74.7 Å². The third-order valence-corrected chi connectivity index (χ3v) is 5.70. The van der Waals surface area contributed by atoms with Crippen LogP contribution in [0.2, 0.25) is 0 Å². The third kappa shape index (κ3) is 4.12. The number of amides is 1. The second-order valence-electron chi connectivity index (χ2n) is 8.84. The van der Waals surface area contributed by atoms with Crippen molar-refractivity contribution in [1.29, 1.82) is 0 Å². The highest BCUT2D eigenvalue weighted by molar-refractivity contribution is 6.05. The van der Waals surface area contributed by atoms with E-state index in [0.717, 1.165) is 24.1 Å². The van der Waals surface area contributed by atoms with Gasteiger partial charge in [0.1, 0.15) is 12.7 Å². The molecule has 0 aromatic carbocycles. The maximum absolute atomic E-state index is 13.4. The van der Waals surface area contributed by atoms with Gasteiger partial charge in [0, 0.05) is 36.5 Å². The lowest BCUT2D eigenvalue weighted by Gasteiger charge is -2.15. The summed E-state index contributed by atoms with van der Waals surface area (Å²) in [6.07, 6.45) is 6.50. The van der Waals surface area contributed by atoms with Crippen molar-refractivity contribution in [1.82, 2.24) is 39.6 Å². The van der Waals surface area contributed by atoms with E-state index in [1.54, 1.807) is 18.3 Å². The maximum Gasteiger partial charge on any atom is 0.330 e. The van der Waals surface area contributed by atoms with Crippen LogP contribution in [-0.2, 0) is 13.1 Å². The summed E-state index contributed by atoms with van der Waals surface area (Å²) in [6.45, 7) is 4.49. The molecule has 0 atom stereocenters. The highest BCUT2D eigenvalue weighted by Crippen LogP contribution is 2.39. The lowest BCUT2D eigenvalue weighted by atomic mass is 10.1. The Morgan fingerprint density at radius 3 is 2.82 bits per heavy atom. The molecule has 0 unspecified atom stereocenters. The lowest BCUT2D eigenvalue weighted by molar-refractivity contribution is 0.0952. The Balaban J connectivity index is 1.55. The molecule has 5 rings (SSSR count). The normalized spacial score (nSPS) is 13.5. The minimum absolute atomic E-state index is 0.116. The molecule has 2 N–H and O–H groups in total. The number of nitrogens with one attached hydrogen (secondary N) is 2. The van der Waals surface area contributed by atoms with Crippen LogP contribution in [0.15, 0.2) is 46.6 Å². The number of H-pyrrole nitrogens is 1. The molecule has 34 heavy (non-hydrogen) atoms. The Morgan fingerprint density at radius 1 is 1.29 bits per heavy atom. The van der Waals surface area contributed by atoms with Gasteiger partial charge in [-0.05, 0) is 30.9 Å². The third-order valence-electron chi connectivity index (χ3n) is 5.70. The number of carbonyl (C=O) groups is 1. The van der Waals surface area contributed by atoms with E-state index in [9.17, 15) is 14.4 Å². The number of aromatic nitrogens is 7. The highest BCUT2D eigenvalue weighted by atomic mass is 16.2. The molecule has 1 amide bonds. The Labute approximate surface area is 193 Å². The Kier molecular flexibility index (Phi) is 5.52. The van der Waals surface area contributed by atoms with Gasteiger partial charge in [-0.25, -0.2) is 24.4 Å². The molecule has 1 fully saturated rings. The van der Waals surface area contributed by atoms with Crippen LogP contribution >= 0.6 is 0 Å². The molecule has 11 nitrogen and oxygen atoms in total. The van der Waals surface area contributed by atoms with Gasteiger partial charge in [-0.15, -0.1) is 0 Å². The lowest BCUT2D eigenvalue weighted by Crippen LogP contribution is -2.34. The predicted molar refractivity (Wildman–Crippen MR) is 124 cm³/mol. The minimum atomic E-state index is -0.621. The van der Waals surface area contributed by atoms with Crippen LogP contribution in [0.4, 0.5) is 0 Å². The Morgan fingerprint density at radius 2 is 2.12 bits per heavy atom. The summed E-state index contributed by atoms with van der Waals surface area (Å²) in [5.41, 5.74) is 0.770. The van der Waals surface area contributed by atoms with Crippen LogP contribution in [0, 0.1) is 5.92 Å². The highest BCUT2D eigenvalue weighted by Gasteiger charge is 2.29. The van der Waals surface area contributed by atoms with Gasteiger partial charge >= 0.3 is 5.69 Å². The number of pyridine rings is 2. The molecule has 0 saturated heterocycles. The zero-order valence-corrected chi connectivity index (χ0v) is 18.9. The number of fused-ring (bicyclic) bond motifs is 1. The summed E-state index contributed by atoms with van der Waals surface area (Å²) >= 11 is 0. The molecule has 1 aliphatic carbocycles. The van der Waals surface area contributed by atoms with E-state index in [4.69, 9.17) is 0 Å². The molecule has 0 spiro atoms. The number of hydrogen-bond donors (Lipinski definition) is 2. The van der Waals surface area contributed by atoms with Gasteiger partial charge in [-0.3, -0.25) is 19.1 Å². The van der Waals surface area contributed by atoms with E-state index in [2.05, 4.69) is 30.4 Å². The largest absolute Gasteiger partial charge is 0.348 e. The first kappa shape index (κ1) is 21.7. The van der Waals surface area contributed by atoms with Gasteiger partial charge in [0.2, 0.25) is 0 Å².